The van der Waals surface area contributed by atoms with Gasteiger partial charge < -0.3 is 10.0 Å². The molecule has 4 rings (SSSR count). The van der Waals surface area contributed by atoms with Crippen LogP contribution < -0.4 is 0 Å². The number of rotatable bonds is 4. The molecular weight excluding hydrogens is 340 g/mol. The van der Waals surface area contributed by atoms with Crippen LogP contribution in [-0.2, 0) is 17.9 Å². The van der Waals surface area contributed by atoms with Crippen molar-refractivity contribution in [2.24, 2.45) is 0 Å². The highest BCUT2D eigenvalue weighted by atomic mass is 16.3. The Kier molecular flexibility index (Phi) is 5.55. The van der Waals surface area contributed by atoms with Gasteiger partial charge >= 0.3 is 0 Å². The molecule has 0 bridgehead atoms. The molecule has 0 spiro atoms. The van der Waals surface area contributed by atoms with Crippen LogP contribution >= 0.6 is 0 Å². The summed E-state index contributed by atoms with van der Waals surface area (Å²) in [6.07, 6.45) is 4.22. The lowest BCUT2D eigenvalue weighted by Crippen LogP contribution is -2.44. The van der Waals surface area contributed by atoms with Gasteiger partial charge in [0.05, 0.1) is 31.0 Å². The van der Waals surface area contributed by atoms with E-state index < -0.39 is 6.10 Å². The highest BCUT2D eigenvalue weighted by molar-refractivity contribution is 5.78. The molecule has 6 heteroatoms. The summed E-state index contributed by atoms with van der Waals surface area (Å²) in [5, 5.41) is 15.2. The predicted octanol–water partition coefficient (Wildman–Crippen LogP) is 2.18. The van der Waals surface area contributed by atoms with E-state index in [2.05, 4.69) is 10.00 Å². The van der Waals surface area contributed by atoms with Gasteiger partial charge in [0.1, 0.15) is 6.10 Å². The second-order valence-electron chi connectivity index (χ2n) is 7.60. The molecule has 1 saturated heterocycles. The Morgan fingerprint density at radius 1 is 1.04 bits per heavy atom. The largest absolute Gasteiger partial charge is 0.382 e. The van der Waals surface area contributed by atoms with E-state index >= 15 is 0 Å². The first-order valence-electron chi connectivity index (χ1n) is 10.0. The fourth-order valence-corrected chi connectivity index (χ4v) is 4.03. The minimum atomic E-state index is -0.731. The molecule has 2 aromatic rings. The molecule has 0 radical (unpaired) electrons. The van der Waals surface area contributed by atoms with Crippen LogP contribution in [0.25, 0.3) is 0 Å². The average molecular weight is 368 g/mol. The second kappa shape index (κ2) is 8.23. The van der Waals surface area contributed by atoms with Crippen molar-refractivity contribution in [2.45, 2.75) is 44.9 Å². The monoisotopic (exact) mass is 368 g/mol. The van der Waals surface area contributed by atoms with Gasteiger partial charge in [-0.3, -0.25) is 14.4 Å². The molecule has 1 fully saturated rings. The summed E-state index contributed by atoms with van der Waals surface area (Å²) in [5.41, 5.74) is 2.48. The molecule has 1 aromatic heterocycles. The van der Waals surface area contributed by atoms with Crippen molar-refractivity contribution in [3.05, 3.63) is 53.3 Å². The van der Waals surface area contributed by atoms with E-state index in [4.69, 9.17) is 0 Å². The summed E-state index contributed by atoms with van der Waals surface area (Å²) >= 11 is 0. The molecular formula is C21H28N4O2. The summed E-state index contributed by atoms with van der Waals surface area (Å²) in [7, 11) is 0. The minimum Gasteiger partial charge on any atom is -0.382 e. The Bertz CT molecular complexity index is 766. The van der Waals surface area contributed by atoms with Crippen LogP contribution in [0.2, 0.25) is 0 Å². The molecule has 1 atom stereocenters. The zero-order valence-electron chi connectivity index (χ0n) is 15.8. The van der Waals surface area contributed by atoms with Gasteiger partial charge in [-0.05, 0) is 37.6 Å². The van der Waals surface area contributed by atoms with Gasteiger partial charge in [0.2, 0.25) is 5.91 Å². The molecule has 2 aliphatic heterocycles. The minimum absolute atomic E-state index is 0.203. The van der Waals surface area contributed by atoms with E-state index in [1.807, 2.05) is 46.0 Å². The fourth-order valence-electron chi connectivity index (χ4n) is 4.03. The zero-order valence-corrected chi connectivity index (χ0v) is 15.8. The van der Waals surface area contributed by atoms with Crippen LogP contribution in [-0.4, -0.2) is 56.8 Å². The number of nitrogens with zero attached hydrogens (tertiary/aromatic N) is 4. The molecule has 144 valence electrons. The maximum absolute atomic E-state index is 12.8. The normalized spacial score (nSPS) is 19.4. The van der Waals surface area contributed by atoms with Gasteiger partial charge in [-0.1, -0.05) is 43.2 Å². The number of fused-ring (bicyclic) bond motifs is 1. The van der Waals surface area contributed by atoms with Crippen LogP contribution in [0.4, 0.5) is 0 Å². The molecule has 2 aliphatic rings. The van der Waals surface area contributed by atoms with E-state index in [9.17, 15) is 9.90 Å². The van der Waals surface area contributed by atoms with Crippen LogP contribution in [0, 0.1) is 0 Å². The molecule has 0 saturated carbocycles. The zero-order chi connectivity index (χ0) is 18.6. The molecule has 6 nitrogen and oxygen atoms in total. The molecule has 3 heterocycles. The average Bonchev–Trinajstić information content (AvgIpc) is 2.97. The van der Waals surface area contributed by atoms with Crippen LogP contribution in [0.3, 0.4) is 0 Å². The number of aromatic nitrogens is 2. The standard InChI is InChI=1S/C21H28N4O2/c26-20(16-23-10-6-1-2-7-11-23)24-12-13-25-18(15-24)14-19(22-25)21(27)17-8-4-3-5-9-17/h3-5,8-9,14,21,27H,1-2,6-7,10-13,15-16H2/t21-/m1/s1. The first kappa shape index (κ1) is 18.2. The molecule has 0 aliphatic carbocycles. The highest BCUT2D eigenvalue weighted by Gasteiger charge is 2.25. The smallest absolute Gasteiger partial charge is 0.237 e. The number of benzene rings is 1. The summed E-state index contributed by atoms with van der Waals surface area (Å²) in [6, 6.07) is 11.5. The van der Waals surface area contributed by atoms with E-state index in [0.717, 1.165) is 24.3 Å². The summed E-state index contributed by atoms with van der Waals surface area (Å²) in [5.74, 6) is 0.203. The Morgan fingerprint density at radius 2 is 1.78 bits per heavy atom. The van der Waals surface area contributed by atoms with Crippen molar-refractivity contribution < 1.29 is 9.90 Å². The third-order valence-electron chi connectivity index (χ3n) is 5.62. The Morgan fingerprint density at radius 3 is 2.52 bits per heavy atom. The molecule has 1 amide bonds. The number of hydrogen-bond donors (Lipinski definition) is 1. The fraction of sp³-hybridized carbons (Fsp3) is 0.524. The van der Waals surface area contributed by atoms with Crippen LogP contribution in [0.5, 0.6) is 0 Å². The maximum atomic E-state index is 12.8. The third-order valence-corrected chi connectivity index (χ3v) is 5.62. The van der Waals surface area contributed by atoms with Gasteiger partial charge in [0.15, 0.2) is 0 Å². The van der Waals surface area contributed by atoms with E-state index in [0.29, 0.717) is 31.9 Å². The summed E-state index contributed by atoms with van der Waals surface area (Å²) in [6.45, 7) is 4.52. The first-order chi connectivity index (χ1) is 13.2. The second-order valence-corrected chi connectivity index (χ2v) is 7.60. The summed E-state index contributed by atoms with van der Waals surface area (Å²) in [4.78, 5) is 17.0. The number of likely N-dealkylation sites (tertiary alicyclic amines) is 1. The maximum Gasteiger partial charge on any atom is 0.237 e. The molecule has 1 aromatic carbocycles. The van der Waals surface area contributed by atoms with Crippen molar-refractivity contribution in [3.8, 4) is 0 Å². The van der Waals surface area contributed by atoms with Gasteiger partial charge in [0, 0.05) is 6.54 Å². The van der Waals surface area contributed by atoms with E-state index in [-0.39, 0.29) is 5.91 Å². The Labute approximate surface area is 160 Å². The van der Waals surface area contributed by atoms with Crippen molar-refractivity contribution in [2.75, 3.05) is 26.2 Å². The number of aliphatic hydroxyl groups is 1. The van der Waals surface area contributed by atoms with Crippen LogP contribution in [0.1, 0.15) is 48.7 Å². The van der Waals surface area contributed by atoms with Crippen molar-refractivity contribution in [1.82, 2.24) is 19.6 Å². The SMILES string of the molecule is O=C(CN1CCCCCC1)N1CCn2nc([C@H](O)c3ccccc3)cc2C1. The Balaban J connectivity index is 1.41. The topological polar surface area (TPSA) is 61.6 Å². The highest BCUT2D eigenvalue weighted by Crippen LogP contribution is 2.23. The number of hydrogen-bond acceptors (Lipinski definition) is 4. The number of amides is 1. The molecule has 27 heavy (non-hydrogen) atoms. The lowest BCUT2D eigenvalue weighted by atomic mass is 10.1. The molecule has 1 N–H and O–H groups in total. The Hall–Kier alpha value is -2.18. The third kappa shape index (κ3) is 4.22. The van der Waals surface area contributed by atoms with Gasteiger partial charge in [0.25, 0.3) is 0 Å². The van der Waals surface area contributed by atoms with Crippen molar-refractivity contribution in [3.63, 3.8) is 0 Å². The molecule has 0 unspecified atom stereocenters. The van der Waals surface area contributed by atoms with E-state index in [1.54, 1.807) is 0 Å². The number of aliphatic hydroxyl groups excluding tert-OH is 1. The van der Waals surface area contributed by atoms with Gasteiger partial charge in [-0.2, -0.15) is 5.10 Å². The quantitative estimate of drug-likeness (QED) is 0.899. The van der Waals surface area contributed by atoms with Crippen molar-refractivity contribution in [1.29, 1.82) is 0 Å². The van der Waals surface area contributed by atoms with Gasteiger partial charge in [-0.25, -0.2) is 0 Å². The number of carbonyl (C=O) groups is 1. The summed E-state index contributed by atoms with van der Waals surface area (Å²) < 4.78 is 1.93. The number of carbonyl (C=O) groups excluding carboxylic acids is 1. The predicted molar refractivity (Wildman–Crippen MR) is 103 cm³/mol. The van der Waals surface area contributed by atoms with Crippen molar-refractivity contribution >= 4 is 5.91 Å². The van der Waals surface area contributed by atoms with Crippen LogP contribution in [0.15, 0.2) is 36.4 Å². The lowest BCUT2D eigenvalue weighted by Gasteiger charge is -2.30. The van der Waals surface area contributed by atoms with E-state index in [1.165, 1.54) is 25.7 Å². The lowest BCUT2D eigenvalue weighted by molar-refractivity contribution is -0.133. The van der Waals surface area contributed by atoms with Gasteiger partial charge in [-0.15, -0.1) is 0 Å². The first-order valence-corrected chi connectivity index (χ1v) is 10.0.